The van der Waals surface area contributed by atoms with Crippen molar-refractivity contribution >= 4 is 11.8 Å². The molecule has 134 valence electrons. The third kappa shape index (κ3) is 4.04. The highest BCUT2D eigenvalue weighted by atomic mass is 32.2. The van der Waals surface area contributed by atoms with Crippen molar-refractivity contribution in [2.45, 2.75) is 56.1 Å². The summed E-state index contributed by atoms with van der Waals surface area (Å²) in [5.41, 5.74) is 2.41. The summed E-state index contributed by atoms with van der Waals surface area (Å²) in [6.45, 7) is 4.51. The minimum Gasteiger partial charge on any atom is -0.497 e. The average Bonchev–Trinajstić information content (AvgIpc) is 2.84. The van der Waals surface area contributed by atoms with Gasteiger partial charge in [0.1, 0.15) is 11.9 Å². The van der Waals surface area contributed by atoms with Crippen LogP contribution in [0, 0.1) is 0 Å². The van der Waals surface area contributed by atoms with E-state index in [0.717, 1.165) is 24.3 Å². The maximum atomic E-state index is 6.87. The van der Waals surface area contributed by atoms with E-state index in [9.17, 15) is 0 Å². The van der Waals surface area contributed by atoms with E-state index >= 15 is 0 Å². The molecule has 1 heterocycles. The summed E-state index contributed by atoms with van der Waals surface area (Å²) in [5.74, 6) is 1.91. The number of thioether (sulfide) groups is 1. The third-order valence-electron chi connectivity index (χ3n) is 5.09. The molecule has 0 unspecified atom stereocenters. The zero-order valence-electron chi connectivity index (χ0n) is 15.5. The van der Waals surface area contributed by atoms with Crippen LogP contribution in [0.3, 0.4) is 0 Å². The fraction of sp³-hybridized carbons (Fsp3) is 0.455. The van der Waals surface area contributed by atoms with Crippen LogP contribution < -0.4 is 4.74 Å². The first-order valence-electron chi connectivity index (χ1n) is 9.25. The molecule has 0 amide bonds. The van der Waals surface area contributed by atoms with E-state index in [4.69, 9.17) is 9.47 Å². The first-order chi connectivity index (χ1) is 12.2. The molecule has 0 bridgehead atoms. The average molecular weight is 357 g/mol. The number of rotatable bonds is 6. The Morgan fingerprint density at radius 1 is 1.16 bits per heavy atom. The first kappa shape index (κ1) is 18.3. The highest BCUT2D eigenvalue weighted by Gasteiger charge is 2.37. The van der Waals surface area contributed by atoms with Gasteiger partial charge in [0.05, 0.1) is 12.7 Å². The lowest BCUT2D eigenvalue weighted by atomic mass is 9.93. The summed E-state index contributed by atoms with van der Waals surface area (Å²) < 4.78 is 12.3. The van der Waals surface area contributed by atoms with E-state index in [-0.39, 0.29) is 11.7 Å². The Bertz CT molecular complexity index is 686. The van der Waals surface area contributed by atoms with E-state index in [1.165, 1.54) is 28.9 Å². The van der Waals surface area contributed by atoms with E-state index in [1.807, 2.05) is 17.8 Å². The van der Waals surface area contributed by atoms with Crippen molar-refractivity contribution in [3.05, 3.63) is 59.7 Å². The number of methoxy groups -OCH3 is 1. The van der Waals surface area contributed by atoms with E-state index in [1.54, 1.807) is 7.11 Å². The van der Waals surface area contributed by atoms with Crippen LogP contribution in [0.25, 0.3) is 0 Å². The first-order valence-corrected chi connectivity index (χ1v) is 10.2. The van der Waals surface area contributed by atoms with Crippen LogP contribution in [0.1, 0.15) is 56.8 Å². The highest BCUT2D eigenvalue weighted by molar-refractivity contribution is 7.99. The molecular weight excluding hydrogens is 328 g/mol. The standard InChI is InChI=1S/C22H28O2S/c1-4-6-14-22(5-2)16-25-20-15-18(23-3)12-13-19(20)21(24-22)17-10-8-7-9-11-17/h7-13,15,21H,4-6,14,16H2,1-3H3/t21-,22-/m0/s1. The second kappa shape index (κ2) is 8.29. The lowest BCUT2D eigenvalue weighted by Gasteiger charge is -2.35. The number of benzene rings is 2. The molecule has 0 spiro atoms. The number of fused-ring (bicyclic) bond motifs is 1. The second-order valence-electron chi connectivity index (χ2n) is 6.74. The molecule has 3 heteroatoms. The molecule has 2 nitrogen and oxygen atoms in total. The van der Waals surface area contributed by atoms with Crippen molar-refractivity contribution in [3.8, 4) is 5.75 Å². The SMILES string of the molecule is CCCC[C@@]1(CC)CSc2cc(OC)ccc2[C@H](c2ccccc2)O1. The summed E-state index contributed by atoms with van der Waals surface area (Å²) >= 11 is 1.91. The Balaban J connectivity index is 2.04. The van der Waals surface area contributed by atoms with Gasteiger partial charge in [-0.25, -0.2) is 0 Å². The molecule has 2 atom stereocenters. The van der Waals surface area contributed by atoms with Gasteiger partial charge in [0, 0.05) is 10.6 Å². The predicted molar refractivity (Wildman–Crippen MR) is 106 cm³/mol. The minimum atomic E-state index is -0.0760. The normalized spacial score (nSPS) is 22.9. The molecule has 3 rings (SSSR count). The zero-order valence-corrected chi connectivity index (χ0v) is 16.3. The van der Waals surface area contributed by atoms with Crippen LogP contribution >= 0.6 is 11.8 Å². The molecular formula is C22H28O2S. The van der Waals surface area contributed by atoms with Gasteiger partial charge in [0.2, 0.25) is 0 Å². The van der Waals surface area contributed by atoms with Gasteiger partial charge in [0.25, 0.3) is 0 Å². The van der Waals surface area contributed by atoms with Crippen LogP contribution in [0.15, 0.2) is 53.4 Å². The van der Waals surface area contributed by atoms with Crippen molar-refractivity contribution in [3.63, 3.8) is 0 Å². The maximum absolute atomic E-state index is 6.87. The molecule has 0 saturated heterocycles. The number of ether oxygens (including phenoxy) is 2. The van der Waals surface area contributed by atoms with E-state index in [0.29, 0.717) is 0 Å². The van der Waals surface area contributed by atoms with Gasteiger partial charge >= 0.3 is 0 Å². The van der Waals surface area contributed by atoms with Crippen molar-refractivity contribution in [2.75, 3.05) is 12.9 Å². The molecule has 0 N–H and O–H groups in total. The molecule has 1 aliphatic heterocycles. The molecule has 0 aliphatic carbocycles. The summed E-state index contributed by atoms with van der Waals surface area (Å²) in [4.78, 5) is 1.28. The fourth-order valence-electron chi connectivity index (χ4n) is 3.41. The molecule has 2 aromatic carbocycles. The van der Waals surface area contributed by atoms with Crippen LogP contribution in [0.5, 0.6) is 5.75 Å². The monoisotopic (exact) mass is 356 g/mol. The van der Waals surface area contributed by atoms with Crippen molar-refractivity contribution in [1.82, 2.24) is 0 Å². The Labute approximate surface area is 155 Å². The van der Waals surface area contributed by atoms with Gasteiger partial charge in [-0.1, -0.05) is 63.1 Å². The van der Waals surface area contributed by atoms with Crippen molar-refractivity contribution < 1.29 is 9.47 Å². The smallest absolute Gasteiger partial charge is 0.120 e. The Morgan fingerprint density at radius 2 is 1.96 bits per heavy atom. The van der Waals surface area contributed by atoms with Gasteiger partial charge in [-0.2, -0.15) is 0 Å². The van der Waals surface area contributed by atoms with Crippen molar-refractivity contribution in [2.24, 2.45) is 0 Å². The van der Waals surface area contributed by atoms with Crippen LogP contribution in [0.2, 0.25) is 0 Å². The maximum Gasteiger partial charge on any atom is 0.120 e. The number of hydrogen-bond acceptors (Lipinski definition) is 3. The molecule has 25 heavy (non-hydrogen) atoms. The zero-order chi connectivity index (χ0) is 17.7. The van der Waals surface area contributed by atoms with Crippen molar-refractivity contribution in [1.29, 1.82) is 0 Å². The predicted octanol–water partition coefficient (Wildman–Crippen LogP) is 6.25. The van der Waals surface area contributed by atoms with Gasteiger partial charge in [0.15, 0.2) is 0 Å². The highest BCUT2D eigenvalue weighted by Crippen LogP contribution is 2.45. The molecule has 0 aromatic heterocycles. The van der Waals surface area contributed by atoms with Gasteiger partial charge < -0.3 is 9.47 Å². The molecule has 0 fully saturated rings. The Morgan fingerprint density at radius 3 is 2.64 bits per heavy atom. The summed E-state index contributed by atoms with van der Waals surface area (Å²) in [5, 5.41) is 0. The lowest BCUT2D eigenvalue weighted by molar-refractivity contribution is -0.0725. The van der Waals surface area contributed by atoms with Gasteiger partial charge in [-0.05, 0) is 36.1 Å². The quantitative estimate of drug-likeness (QED) is 0.610. The second-order valence-corrected chi connectivity index (χ2v) is 7.76. The third-order valence-corrected chi connectivity index (χ3v) is 6.43. The fourth-order valence-corrected chi connectivity index (χ4v) is 4.78. The molecule has 0 radical (unpaired) electrons. The van der Waals surface area contributed by atoms with E-state index in [2.05, 4.69) is 56.3 Å². The minimum absolute atomic E-state index is 0.0195. The Kier molecular flexibility index (Phi) is 6.08. The topological polar surface area (TPSA) is 18.5 Å². The summed E-state index contributed by atoms with van der Waals surface area (Å²) in [6, 6.07) is 17.0. The van der Waals surface area contributed by atoms with Crippen LogP contribution in [0.4, 0.5) is 0 Å². The van der Waals surface area contributed by atoms with E-state index < -0.39 is 0 Å². The lowest BCUT2D eigenvalue weighted by Crippen LogP contribution is -2.35. The van der Waals surface area contributed by atoms with Crippen LogP contribution in [-0.4, -0.2) is 18.5 Å². The summed E-state index contributed by atoms with van der Waals surface area (Å²) in [7, 11) is 1.73. The molecule has 2 aromatic rings. The molecule has 1 aliphatic rings. The van der Waals surface area contributed by atoms with Gasteiger partial charge in [-0.15, -0.1) is 11.8 Å². The number of unbranched alkanes of at least 4 members (excludes halogenated alkanes) is 1. The largest absolute Gasteiger partial charge is 0.497 e. The van der Waals surface area contributed by atoms with Gasteiger partial charge in [-0.3, -0.25) is 0 Å². The summed E-state index contributed by atoms with van der Waals surface area (Å²) in [6.07, 6.45) is 4.53. The Hall–Kier alpha value is -1.45. The van der Waals surface area contributed by atoms with Crippen LogP contribution in [-0.2, 0) is 4.74 Å². The number of hydrogen-bond donors (Lipinski definition) is 0. The molecule has 0 saturated carbocycles.